The fourth-order valence-electron chi connectivity index (χ4n) is 1.44. The second kappa shape index (κ2) is 4.70. The van der Waals surface area contributed by atoms with E-state index >= 15 is 0 Å². The van der Waals surface area contributed by atoms with Crippen LogP contribution in [-0.4, -0.2) is 38.8 Å². The first-order valence-corrected chi connectivity index (χ1v) is 5.96. The molecule has 0 unspecified atom stereocenters. The predicted octanol–water partition coefficient (Wildman–Crippen LogP) is 2.05. The van der Waals surface area contributed by atoms with Crippen molar-refractivity contribution >= 4 is 29.2 Å². The van der Waals surface area contributed by atoms with Crippen LogP contribution in [0, 0.1) is 13.8 Å². The van der Waals surface area contributed by atoms with Crippen LogP contribution < -0.4 is 4.90 Å². The zero-order chi connectivity index (χ0) is 13.4. The summed E-state index contributed by atoms with van der Waals surface area (Å²) >= 11 is 12.0. The van der Waals surface area contributed by atoms with E-state index < -0.39 is 0 Å². The van der Waals surface area contributed by atoms with Gasteiger partial charge in [0.25, 0.3) is 5.95 Å². The first kappa shape index (κ1) is 13.0. The zero-order valence-electron chi connectivity index (χ0n) is 10.4. The van der Waals surface area contributed by atoms with E-state index in [-0.39, 0.29) is 5.28 Å². The van der Waals surface area contributed by atoms with Gasteiger partial charge in [0.2, 0.25) is 11.2 Å². The van der Waals surface area contributed by atoms with Gasteiger partial charge in [0.05, 0.1) is 16.4 Å². The SMILES string of the molecule is Cc1nn(-c2nc(Cl)nc(N(C)C)n2)c(C)c1Cl. The zero-order valence-corrected chi connectivity index (χ0v) is 12.0. The molecule has 2 heterocycles. The molecule has 2 aromatic rings. The lowest BCUT2D eigenvalue weighted by Gasteiger charge is -2.11. The third kappa shape index (κ3) is 2.26. The maximum absolute atomic E-state index is 6.09. The number of hydrogen-bond acceptors (Lipinski definition) is 5. The molecule has 0 bridgehead atoms. The third-order valence-electron chi connectivity index (χ3n) is 2.38. The molecule has 0 radical (unpaired) electrons. The number of rotatable bonds is 2. The maximum Gasteiger partial charge on any atom is 0.256 e. The number of hydrogen-bond donors (Lipinski definition) is 0. The summed E-state index contributed by atoms with van der Waals surface area (Å²) in [5.74, 6) is 0.819. The van der Waals surface area contributed by atoms with Gasteiger partial charge in [-0.2, -0.15) is 20.1 Å². The Balaban J connectivity index is 2.60. The van der Waals surface area contributed by atoms with Gasteiger partial charge < -0.3 is 4.90 Å². The molecule has 0 amide bonds. The molecule has 18 heavy (non-hydrogen) atoms. The van der Waals surface area contributed by atoms with Crippen molar-refractivity contribution in [1.82, 2.24) is 24.7 Å². The van der Waals surface area contributed by atoms with Crippen molar-refractivity contribution in [2.24, 2.45) is 0 Å². The second-order valence-corrected chi connectivity index (χ2v) is 4.71. The highest BCUT2D eigenvalue weighted by atomic mass is 35.5. The average molecular weight is 287 g/mol. The van der Waals surface area contributed by atoms with Gasteiger partial charge in [-0.25, -0.2) is 4.68 Å². The molecule has 0 aliphatic carbocycles. The van der Waals surface area contributed by atoms with Crippen molar-refractivity contribution in [3.05, 3.63) is 21.7 Å². The Kier molecular flexibility index (Phi) is 3.41. The van der Waals surface area contributed by atoms with Crippen molar-refractivity contribution < 1.29 is 0 Å². The number of anilines is 1. The molecule has 2 aromatic heterocycles. The molecule has 0 saturated heterocycles. The van der Waals surface area contributed by atoms with E-state index in [0.717, 1.165) is 11.4 Å². The smallest absolute Gasteiger partial charge is 0.256 e. The molecule has 0 N–H and O–H groups in total. The predicted molar refractivity (Wildman–Crippen MR) is 70.8 cm³/mol. The Morgan fingerprint density at radius 2 is 1.72 bits per heavy atom. The lowest BCUT2D eigenvalue weighted by atomic mass is 10.4. The lowest BCUT2D eigenvalue weighted by Crippen LogP contribution is -2.16. The van der Waals surface area contributed by atoms with E-state index in [1.165, 1.54) is 0 Å². The maximum atomic E-state index is 6.09. The number of aryl methyl sites for hydroxylation is 1. The normalized spacial score (nSPS) is 10.8. The Bertz CT molecular complexity index is 592. The summed E-state index contributed by atoms with van der Waals surface area (Å²) in [6, 6.07) is 0. The largest absolute Gasteiger partial charge is 0.347 e. The van der Waals surface area contributed by atoms with Gasteiger partial charge in [0.1, 0.15) is 0 Å². The van der Waals surface area contributed by atoms with Crippen molar-refractivity contribution in [2.45, 2.75) is 13.8 Å². The van der Waals surface area contributed by atoms with Crippen molar-refractivity contribution in [3.63, 3.8) is 0 Å². The molecule has 6 nitrogen and oxygen atoms in total. The minimum absolute atomic E-state index is 0.118. The first-order chi connectivity index (χ1) is 8.40. The van der Waals surface area contributed by atoms with Crippen molar-refractivity contribution in [2.75, 3.05) is 19.0 Å². The van der Waals surface area contributed by atoms with E-state index in [9.17, 15) is 0 Å². The molecule has 0 aliphatic rings. The van der Waals surface area contributed by atoms with Gasteiger partial charge in [-0.1, -0.05) is 11.6 Å². The van der Waals surface area contributed by atoms with E-state index in [1.807, 2.05) is 27.9 Å². The van der Waals surface area contributed by atoms with E-state index in [2.05, 4.69) is 20.1 Å². The van der Waals surface area contributed by atoms with Crippen LogP contribution in [0.1, 0.15) is 11.4 Å². The summed E-state index contributed by atoms with van der Waals surface area (Å²) in [5.41, 5.74) is 1.48. The van der Waals surface area contributed by atoms with Gasteiger partial charge in [-0.05, 0) is 25.4 Å². The van der Waals surface area contributed by atoms with E-state index in [0.29, 0.717) is 16.9 Å². The van der Waals surface area contributed by atoms with Gasteiger partial charge >= 0.3 is 0 Å². The van der Waals surface area contributed by atoms with Crippen LogP contribution in [0.2, 0.25) is 10.3 Å². The fraction of sp³-hybridized carbons (Fsp3) is 0.400. The molecule has 0 aromatic carbocycles. The number of halogens is 2. The van der Waals surface area contributed by atoms with Gasteiger partial charge in [-0.15, -0.1) is 0 Å². The third-order valence-corrected chi connectivity index (χ3v) is 3.09. The second-order valence-electron chi connectivity index (χ2n) is 4.00. The molecule has 0 spiro atoms. The Morgan fingerprint density at radius 1 is 1.06 bits per heavy atom. The van der Waals surface area contributed by atoms with Crippen LogP contribution in [-0.2, 0) is 0 Å². The van der Waals surface area contributed by atoms with Crippen LogP contribution in [0.5, 0.6) is 0 Å². The lowest BCUT2D eigenvalue weighted by molar-refractivity contribution is 0.759. The van der Waals surface area contributed by atoms with Crippen LogP contribution in [0.4, 0.5) is 5.95 Å². The summed E-state index contributed by atoms with van der Waals surface area (Å²) < 4.78 is 1.55. The molecular weight excluding hydrogens is 275 g/mol. The van der Waals surface area contributed by atoms with Gasteiger partial charge in [0, 0.05) is 14.1 Å². The first-order valence-electron chi connectivity index (χ1n) is 5.21. The van der Waals surface area contributed by atoms with E-state index in [1.54, 1.807) is 9.58 Å². The van der Waals surface area contributed by atoms with Crippen LogP contribution in [0.15, 0.2) is 0 Å². The Labute approximate surface area is 115 Å². The quantitative estimate of drug-likeness (QED) is 0.846. The Morgan fingerprint density at radius 3 is 2.22 bits per heavy atom. The van der Waals surface area contributed by atoms with Gasteiger partial charge in [-0.3, -0.25) is 0 Å². The van der Waals surface area contributed by atoms with Gasteiger partial charge in [0.15, 0.2) is 0 Å². The van der Waals surface area contributed by atoms with Crippen molar-refractivity contribution in [1.29, 1.82) is 0 Å². The molecule has 0 aliphatic heterocycles. The highest BCUT2D eigenvalue weighted by Gasteiger charge is 2.15. The summed E-state index contributed by atoms with van der Waals surface area (Å²) in [6.07, 6.45) is 0. The molecule has 0 fully saturated rings. The highest BCUT2D eigenvalue weighted by molar-refractivity contribution is 6.31. The van der Waals surface area contributed by atoms with Crippen LogP contribution in [0.3, 0.4) is 0 Å². The number of nitrogens with zero attached hydrogens (tertiary/aromatic N) is 6. The fourth-order valence-corrected chi connectivity index (χ4v) is 1.71. The van der Waals surface area contributed by atoms with E-state index in [4.69, 9.17) is 23.2 Å². The Hall–Kier alpha value is -1.40. The minimum Gasteiger partial charge on any atom is -0.347 e. The molecule has 0 saturated carbocycles. The summed E-state index contributed by atoms with van der Waals surface area (Å²) in [4.78, 5) is 14.1. The monoisotopic (exact) mass is 286 g/mol. The summed E-state index contributed by atoms with van der Waals surface area (Å²) in [6.45, 7) is 3.66. The standard InChI is InChI=1S/C10H12Cl2N6/c1-5-7(11)6(2)18(16-5)10-14-8(12)13-9(15-10)17(3)4/h1-4H3. The molecular formula is C10H12Cl2N6. The highest BCUT2D eigenvalue weighted by Crippen LogP contribution is 2.21. The summed E-state index contributed by atoms with van der Waals surface area (Å²) in [5, 5.41) is 4.99. The molecule has 96 valence electrons. The molecule has 8 heteroatoms. The minimum atomic E-state index is 0.118. The molecule has 0 atom stereocenters. The van der Waals surface area contributed by atoms with Crippen LogP contribution >= 0.6 is 23.2 Å². The number of aromatic nitrogens is 5. The molecule has 2 rings (SSSR count). The average Bonchev–Trinajstić information content (AvgIpc) is 2.56. The van der Waals surface area contributed by atoms with Crippen molar-refractivity contribution in [3.8, 4) is 5.95 Å². The summed E-state index contributed by atoms with van der Waals surface area (Å²) in [7, 11) is 3.65. The topological polar surface area (TPSA) is 59.7 Å². The van der Waals surface area contributed by atoms with Crippen LogP contribution in [0.25, 0.3) is 5.95 Å².